The summed E-state index contributed by atoms with van der Waals surface area (Å²) in [7, 11) is 0. The zero-order valence-corrected chi connectivity index (χ0v) is 10.9. The van der Waals surface area contributed by atoms with Gasteiger partial charge in [-0.1, -0.05) is 0 Å². The van der Waals surface area contributed by atoms with E-state index in [1.54, 1.807) is 0 Å². The molecule has 1 aliphatic carbocycles. The van der Waals surface area contributed by atoms with E-state index >= 15 is 0 Å². The van der Waals surface area contributed by atoms with E-state index in [-0.39, 0.29) is 12.0 Å². The van der Waals surface area contributed by atoms with Crippen LogP contribution >= 0.6 is 0 Å². The van der Waals surface area contributed by atoms with E-state index < -0.39 is 0 Å². The van der Waals surface area contributed by atoms with Gasteiger partial charge >= 0.3 is 5.97 Å². The minimum atomic E-state index is -0.176. The van der Waals surface area contributed by atoms with Gasteiger partial charge in [-0.05, 0) is 45.6 Å². The topological polar surface area (TPSA) is 41.6 Å². The molecule has 0 amide bonds. The number of rotatable bonds is 6. The molecule has 1 saturated carbocycles. The molecule has 2 aliphatic rings. The van der Waals surface area contributed by atoms with Gasteiger partial charge in [0.2, 0.25) is 0 Å². The highest BCUT2D eigenvalue weighted by Gasteiger charge is 2.34. The lowest BCUT2D eigenvalue weighted by atomic mass is 10.1. The molecule has 0 radical (unpaired) electrons. The van der Waals surface area contributed by atoms with Crippen molar-refractivity contribution in [2.45, 2.75) is 45.2 Å². The molecule has 1 N–H and O–H groups in total. The lowest BCUT2D eigenvalue weighted by molar-refractivity contribution is -0.145. The number of ether oxygens (including phenoxy) is 1. The van der Waals surface area contributed by atoms with Crippen LogP contribution < -0.4 is 5.32 Å². The van der Waals surface area contributed by atoms with Crippen LogP contribution in [0.3, 0.4) is 0 Å². The molecule has 0 aromatic heterocycles. The Kier molecular flexibility index (Phi) is 4.40. The van der Waals surface area contributed by atoms with Crippen LogP contribution in [0.4, 0.5) is 0 Å². The Bertz CT molecular complexity index is 266. The van der Waals surface area contributed by atoms with Gasteiger partial charge in [0.05, 0.1) is 6.61 Å². The van der Waals surface area contributed by atoms with E-state index in [4.69, 9.17) is 4.74 Å². The minimum Gasteiger partial charge on any atom is -0.465 e. The first-order valence-electron chi connectivity index (χ1n) is 6.84. The minimum absolute atomic E-state index is 0.135. The number of esters is 1. The summed E-state index contributed by atoms with van der Waals surface area (Å²) < 4.78 is 4.98. The summed E-state index contributed by atoms with van der Waals surface area (Å²) in [6.45, 7) is 7.56. The molecule has 98 valence electrons. The third kappa shape index (κ3) is 3.68. The standard InChI is InChI=1S/C13H24N2O2/c1-3-17-13(16)10(2)14-8-11-6-7-15(9-11)12-4-5-12/h10-12,14H,3-9H2,1-2H3. The molecule has 4 nitrogen and oxygen atoms in total. The van der Waals surface area contributed by atoms with E-state index in [0.29, 0.717) is 12.5 Å². The highest BCUT2D eigenvalue weighted by atomic mass is 16.5. The molecule has 17 heavy (non-hydrogen) atoms. The molecule has 2 atom stereocenters. The van der Waals surface area contributed by atoms with Crippen molar-refractivity contribution in [1.29, 1.82) is 0 Å². The number of likely N-dealkylation sites (tertiary alicyclic amines) is 1. The van der Waals surface area contributed by atoms with Crippen molar-refractivity contribution >= 4 is 5.97 Å². The Morgan fingerprint density at radius 2 is 2.24 bits per heavy atom. The average molecular weight is 240 g/mol. The van der Waals surface area contributed by atoms with Crippen molar-refractivity contribution in [2.75, 3.05) is 26.2 Å². The third-order valence-corrected chi connectivity index (χ3v) is 3.73. The van der Waals surface area contributed by atoms with E-state index in [0.717, 1.165) is 12.6 Å². The number of hydrogen-bond acceptors (Lipinski definition) is 4. The molecular weight excluding hydrogens is 216 g/mol. The Hall–Kier alpha value is -0.610. The van der Waals surface area contributed by atoms with Crippen molar-refractivity contribution in [2.24, 2.45) is 5.92 Å². The molecule has 1 aliphatic heterocycles. The van der Waals surface area contributed by atoms with Crippen LogP contribution in [-0.2, 0) is 9.53 Å². The highest BCUT2D eigenvalue weighted by Crippen LogP contribution is 2.31. The van der Waals surface area contributed by atoms with Gasteiger partial charge in [-0.15, -0.1) is 0 Å². The fourth-order valence-corrected chi connectivity index (χ4v) is 2.49. The highest BCUT2D eigenvalue weighted by molar-refractivity contribution is 5.75. The van der Waals surface area contributed by atoms with Crippen molar-refractivity contribution < 1.29 is 9.53 Å². The summed E-state index contributed by atoms with van der Waals surface area (Å²) in [6.07, 6.45) is 4.04. The molecule has 1 heterocycles. The van der Waals surface area contributed by atoms with Crippen LogP contribution in [0.5, 0.6) is 0 Å². The van der Waals surface area contributed by atoms with Gasteiger partial charge in [0.15, 0.2) is 0 Å². The second-order valence-corrected chi connectivity index (χ2v) is 5.26. The number of nitrogens with one attached hydrogen (secondary N) is 1. The maximum absolute atomic E-state index is 11.4. The fourth-order valence-electron chi connectivity index (χ4n) is 2.49. The molecule has 2 unspecified atom stereocenters. The van der Waals surface area contributed by atoms with Crippen molar-refractivity contribution in [3.05, 3.63) is 0 Å². The molecule has 2 rings (SSSR count). The zero-order chi connectivity index (χ0) is 12.3. The summed E-state index contributed by atoms with van der Waals surface area (Å²) >= 11 is 0. The second-order valence-electron chi connectivity index (χ2n) is 5.26. The molecule has 2 fully saturated rings. The Morgan fingerprint density at radius 1 is 1.47 bits per heavy atom. The van der Waals surface area contributed by atoms with Gasteiger partial charge in [0.25, 0.3) is 0 Å². The Balaban J connectivity index is 1.63. The smallest absolute Gasteiger partial charge is 0.322 e. The summed E-state index contributed by atoms with van der Waals surface area (Å²) in [5.41, 5.74) is 0. The van der Waals surface area contributed by atoms with Gasteiger partial charge < -0.3 is 15.0 Å². The van der Waals surface area contributed by atoms with Crippen LogP contribution in [0.15, 0.2) is 0 Å². The predicted molar refractivity (Wildman–Crippen MR) is 66.8 cm³/mol. The average Bonchev–Trinajstić information content (AvgIpc) is 3.06. The molecular formula is C13H24N2O2. The number of nitrogens with zero attached hydrogens (tertiary/aromatic N) is 1. The van der Waals surface area contributed by atoms with Gasteiger partial charge in [0.1, 0.15) is 6.04 Å². The molecule has 4 heteroatoms. The van der Waals surface area contributed by atoms with Crippen LogP contribution in [0.25, 0.3) is 0 Å². The predicted octanol–water partition coefficient (Wildman–Crippen LogP) is 1.01. The summed E-state index contributed by atoms with van der Waals surface area (Å²) in [5, 5.41) is 3.29. The quantitative estimate of drug-likeness (QED) is 0.704. The maximum atomic E-state index is 11.4. The van der Waals surface area contributed by atoms with Crippen LogP contribution in [0.1, 0.15) is 33.1 Å². The lowest BCUT2D eigenvalue weighted by Crippen LogP contribution is -2.39. The Morgan fingerprint density at radius 3 is 2.88 bits per heavy atom. The van der Waals surface area contributed by atoms with E-state index in [2.05, 4.69) is 10.2 Å². The fraction of sp³-hybridized carbons (Fsp3) is 0.923. The molecule has 1 saturated heterocycles. The zero-order valence-electron chi connectivity index (χ0n) is 10.9. The van der Waals surface area contributed by atoms with Crippen LogP contribution in [0, 0.1) is 5.92 Å². The first kappa shape index (κ1) is 12.8. The summed E-state index contributed by atoms with van der Waals surface area (Å²) in [6, 6.07) is 0.701. The van der Waals surface area contributed by atoms with Crippen LogP contribution in [-0.4, -0.2) is 49.2 Å². The van der Waals surface area contributed by atoms with Crippen molar-refractivity contribution in [1.82, 2.24) is 10.2 Å². The van der Waals surface area contributed by atoms with E-state index in [1.807, 2.05) is 13.8 Å². The van der Waals surface area contributed by atoms with E-state index in [9.17, 15) is 4.79 Å². The third-order valence-electron chi connectivity index (χ3n) is 3.73. The monoisotopic (exact) mass is 240 g/mol. The summed E-state index contributed by atoms with van der Waals surface area (Å²) in [5.74, 6) is 0.567. The first-order valence-corrected chi connectivity index (χ1v) is 6.84. The molecule has 0 aromatic rings. The first-order chi connectivity index (χ1) is 8.20. The normalized spacial score (nSPS) is 27.1. The largest absolute Gasteiger partial charge is 0.465 e. The molecule has 0 bridgehead atoms. The van der Waals surface area contributed by atoms with Gasteiger partial charge in [0, 0.05) is 19.1 Å². The molecule has 0 aromatic carbocycles. The summed E-state index contributed by atoms with van der Waals surface area (Å²) in [4.78, 5) is 14.0. The van der Waals surface area contributed by atoms with Crippen molar-refractivity contribution in [3.63, 3.8) is 0 Å². The SMILES string of the molecule is CCOC(=O)C(C)NCC1CCN(C2CC2)C1. The number of carbonyl (C=O) groups is 1. The van der Waals surface area contributed by atoms with E-state index in [1.165, 1.54) is 32.4 Å². The van der Waals surface area contributed by atoms with Gasteiger partial charge in [-0.3, -0.25) is 4.79 Å². The number of carbonyl (C=O) groups excluding carboxylic acids is 1. The Labute approximate surface area is 104 Å². The van der Waals surface area contributed by atoms with Gasteiger partial charge in [-0.25, -0.2) is 0 Å². The second kappa shape index (κ2) is 5.83. The molecule has 0 spiro atoms. The maximum Gasteiger partial charge on any atom is 0.322 e. The van der Waals surface area contributed by atoms with Crippen molar-refractivity contribution in [3.8, 4) is 0 Å². The van der Waals surface area contributed by atoms with Gasteiger partial charge in [-0.2, -0.15) is 0 Å². The lowest BCUT2D eigenvalue weighted by Gasteiger charge is -2.17. The number of hydrogen-bond donors (Lipinski definition) is 1. The van der Waals surface area contributed by atoms with Crippen LogP contribution in [0.2, 0.25) is 0 Å².